The number of methoxy groups -OCH3 is 1. The summed E-state index contributed by atoms with van der Waals surface area (Å²) >= 11 is 5.18. The maximum atomic E-state index is 6.19. The summed E-state index contributed by atoms with van der Waals surface area (Å²) in [5.41, 5.74) is 8.29. The lowest BCUT2D eigenvalue weighted by Gasteiger charge is -2.09. The van der Waals surface area contributed by atoms with E-state index < -0.39 is 0 Å². The predicted octanol–water partition coefficient (Wildman–Crippen LogP) is 2.86. The minimum atomic E-state index is -0.0559. The number of aryl methyl sites for hydroxylation is 1. The summed E-state index contributed by atoms with van der Waals surface area (Å²) in [5.74, 6) is 0.566. The van der Waals surface area contributed by atoms with Gasteiger partial charge >= 0.3 is 0 Å². The number of ether oxygens (including phenoxy) is 1. The van der Waals surface area contributed by atoms with Crippen molar-refractivity contribution in [2.45, 2.75) is 19.4 Å². The van der Waals surface area contributed by atoms with Crippen LogP contribution in [-0.2, 0) is 6.42 Å². The van der Waals surface area contributed by atoms with Gasteiger partial charge in [-0.25, -0.2) is 9.97 Å². The lowest BCUT2D eigenvalue weighted by molar-refractivity contribution is 0.395. The number of halogens is 1. The lowest BCUT2D eigenvalue weighted by atomic mass is 10.1. The van der Waals surface area contributed by atoms with E-state index in [-0.39, 0.29) is 6.04 Å². The molecule has 2 aromatic rings. The zero-order chi connectivity index (χ0) is 13.1. The minimum Gasteiger partial charge on any atom is -0.481 e. The minimum absolute atomic E-state index is 0.0559. The number of thiophene rings is 1. The highest BCUT2D eigenvalue weighted by atomic mass is 79.9. The Labute approximate surface area is 118 Å². The van der Waals surface area contributed by atoms with Crippen LogP contribution < -0.4 is 10.5 Å². The maximum Gasteiger partial charge on any atom is 0.216 e. The molecule has 0 fully saturated rings. The van der Waals surface area contributed by atoms with Crippen LogP contribution in [0.1, 0.15) is 22.2 Å². The number of rotatable bonds is 4. The van der Waals surface area contributed by atoms with E-state index in [1.54, 1.807) is 18.4 Å². The first kappa shape index (κ1) is 13.5. The van der Waals surface area contributed by atoms with Gasteiger partial charge in [0, 0.05) is 29.1 Å². The summed E-state index contributed by atoms with van der Waals surface area (Å²) in [6, 6.07) is 3.87. The van der Waals surface area contributed by atoms with Crippen LogP contribution in [0.3, 0.4) is 0 Å². The fourth-order valence-corrected chi connectivity index (χ4v) is 3.16. The SMILES string of the molecule is COc1cc(CC(N)c2cc(C)c(Br)s2)ncn1. The van der Waals surface area contributed by atoms with Gasteiger partial charge in [0.05, 0.1) is 10.9 Å². The van der Waals surface area contributed by atoms with E-state index in [0.29, 0.717) is 12.3 Å². The van der Waals surface area contributed by atoms with Crippen molar-refractivity contribution in [3.63, 3.8) is 0 Å². The number of nitrogens with two attached hydrogens (primary N) is 1. The molecule has 2 rings (SSSR count). The van der Waals surface area contributed by atoms with Gasteiger partial charge in [0.15, 0.2) is 0 Å². The first-order valence-electron chi connectivity index (χ1n) is 5.46. The molecule has 2 heterocycles. The van der Waals surface area contributed by atoms with E-state index in [4.69, 9.17) is 10.5 Å². The van der Waals surface area contributed by atoms with Gasteiger partial charge in [0.2, 0.25) is 5.88 Å². The van der Waals surface area contributed by atoms with E-state index in [1.165, 1.54) is 11.9 Å². The first-order valence-corrected chi connectivity index (χ1v) is 7.07. The third-order valence-corrected chi connectivity index (χ3v) is 4.85. The summed E-state index contributed by atoms with van der Waals surface area (Å²) in [4.78, 5) is 9.33. The third kappa shape index (κ3) is 3.07. The highest BCUT2D eigenvalue weighted by Crippen LogP contribution is 2.31. The second-order valence-electron chi connectivity index (χ2n) is 3.97. The molecule has 0 spiro atoms. The molecule has 0 saturated carbocycles. The van der Waals surface area contributed by atoms with Gasteiger partial charge in [-0.1, -0.05) is 0 Å². The Hall–Kier alpha value is -0.980. The van der Waals surface area contributed by atoms with E-state index in [9.17, 15) is 0 Å². The van der Waals surface area contributed by atoms with Crippen molar-refractivity contribution >= 4 is 27.3 Å². The second kappa shape index (κ2) is 5.77. The van der Waals surface area contributed by atoms with Gasteiger partial charge in [-0.2, -0.15) is 0 Å². The van der Waals surface area contributed by atoms with Crippen molar-refractivity contribution in [2.24, 2.45) is 5.73 Å². The zero-order valence-electron chi connectivity index (χ0n) is 10.2. The van der Waals surface area contributed by atoms with Crippen molar-refractivity contribution in [2.75, 3.05) is 7.11 Å². The molecular weight excluding hydrogens is 314 g/mol. The molecule has 0 aliphatic heterocycles. The van der Waals surface area contributed by atoms with Crippen LogP contribution in [0.4, 0.5) is 0 Å². The van der Waals surface area contributed by atoms with Crippen LogP contribution in [0.15, 0.2) is 22.2 Å². The van der Waals surface area contributed by atoms with Gasteiger partial charge in [0.1, 0.15) is 6.33 Å². The average molecular weight is 328 g/mol. The monoisotopic (exact) mass is 327 g/mol. The van der Waals surface area contributed by atoms with E-state index in [1.807, 2.05) is 6.07 Å². The van der Waals surface area contributed by atoms with E-state index in [0.717, 1.165) is 14.4 Å². The molecule has 6 heteroatoms. The van der Waals surface area contributed by atoms with E-state index in [2.05, 4.69) is 38.9 Å². The Morgan fingerprint density at radius 2 is 2.22 bits per heavy atom. The van der Waals surface area contributed by atoms with Gasteiger partial charge in [0.25, 0.3) is 0 Å². The second-order valence-corrected chi connectivity index (χ2v) is 6.37. The fraction of sp³-hybridized carbons (Fsp3) is 0.333. The number of nitrogens with zero attached hydrogens (tertiary/aromatic N) is 2. The van der Waals surface area contributed by atoms with Crippen LogP contribution >= 0.6 is 27.3 Å². The summed E-state index contributed by atoms with van der Waals surface area (Å²) < 4.78 is 6.20. The molecule has 0 bridgehead atoms. The highest BCUT2D eigenvalue weighted by Gasteiger charge is 2.13. The molecule has 0 saturated heterocycles. The molecule has 2 aromatic heterocycles. The summed E-state index contributed by atoms with van der Waals surface area (Å²) in [7, 11) is 1.59. The quantitative estimate of drug-likeness (QED) is 0.937. The molecule has 0 aromatic carbocycles. The maximum absolute atomic E-state index is 6.19. The van der Waals surface area contributed by atoms with Crippen molar-refractivity contribution < 1.29 is 4.74 Å². The largest absolute Gasteiger partial charge is 0.481 e. The van der Waals surface area contributed by atoms with Gasteiger partial charge < -0.3 is 10.5 Å². The zero-order valence-corrected chi connectivity index (χ0v) is 12.6. The lowest BCUT2D eigenvalue weighted by Crippen LogP contribution is -2.12. The summed E-state index contributed by atoms with van der Waals surface area (Å²) in [5, 5.41) is 0. The molecule has 0 aliphatic rings. The van der Waals surface area contributed by atoms with Crippen molar-refractivity contribution in [1.29, 1.82) is 0 Å². The van der Waals surface area contributed by atoms with Gasteiger partial charge in [-0.15, -0.1) is 11.3 Å². The van der Waals surface area contributed by atoms with Crippen LogP contribution in [0.25, 0.3) is 0 Å². The molecule has 1 unspecified atom stereocenters. The van der Waals surface area contributed by atoms with Crippen molar-refractivity contribution in [3.05, 3.63) is 38.4 Å². The van der Waals surface area contributed by atoms with Gasteiger partial charge in [-0.05, 0) is 34.5 Å². The first-order chi connectivity index (χ1) is 8.60. The van der Waals surface area contributed by atoms with Gasteiger partial charge in [-0.3, -0.25) is 0 Å². The fourth-order valence-electron chi connectivity index (χ4n) is 1.59. The standard InChI is InChI=1S/C12H14BrN3OS/c1-7-3-10(18-12(7)13)9(14)4-8-5-11(17-2)16-6-15-8/h3,5-6,9H,4,14H2,1-2H3. The average Bonchev–Trinajstić information content (AvgIpc) is 2.70. The molecule has 2 N–H and O–H groups in total. The Kier molecular flexibility index (Phi) is 4.31. The Bertz CT molecular complexity index is 524. The molecule has 96 valence electrons. The predicted molar refractivity (Wildman–Crippen MR) is 76.0 cm³/mol. The molecule has 1 atom stereocenters. The van der Waals surface area contributed by atoms with Crippen LogP contribution in [0.2, 0.25) is 0 Å². The van der Waals surface area contributed by atoms with Crippen LogP contribution in [-0.4, -0.2) is 17.1 Å². The Morgan fingerprint density at radius 3 is 2.83 bits per heavy atom. The van der Waals surface area contributed by atoms with Crippen molar-refractivity contribution in [1.82, 2.24) is 9.97 Å². The van der Waals surface area contributed by atoms with E-state index >= 15 is 0 Å². The van der Waals surface area contributed by atoms with Crippen LogP contribution in [0.5, 0.6) is 5.88 Å². The highest BCUT2D eigenvalue weighted by molar-refractivity contribution is 9.11. The third-order valence-electron chi connectivity index (χ3n) is 2.58. The molecule has 0 amide bonds. The number of aromatic nitrogens is 2. The molecule has 0 aliphatic carbocycles. The molecule has 4 nitrogen and oxygen atoms in total. The Morgan fingerprint density at radius 1 is 1.44 bits per heavy atom. The van der Waals surface area contributed by atoms with Crippen molar-refractivity contribution in [3.8, 4) is 5.88 Å². The Balaban J connectivity index is 2.13. The molecule has 18 heavy (non-hydrogen) atoms. The molecule has 0 radical (unpaired) electrons. The van der Waals surface area contributed by atoms with Crippen LogP contribution in [0, 0.1) is 6.92 Å². The summed E-state index contributed by atoms with van der Waals surface area (Å²) in [6.07, 6.45) is 2.17. The number of hydrogen-bond donors (Lipinski definition) is 1. The number of hydrogen-bond acceptors (Lipinski definition) is 5. The topological polar surface area (TPSA) is 61.0 Å². The summed E-state index contributed by atoms with van der Waals surface area (Å²) in [6.45, 7) is 2.06. The smallest absolute Gasteiger partial charge is 0.216 e. The normalized spacial score (nSPS) is 12.4. The molecular formula is C12H14BrN3OS.